The first-order valence-electron chi connectivity index (χ1n) is 5.69. The summed E-state index contributed by atoms with van der Waals surface area (Å²) in [6.07, 6.45) is 0. The summed E-state index contributed by atoms with van der Waals surface area (Å²) >= 11 is 0. The largest absolute Gasteiger partial charge is 0.464 e. The van der Waals surface area contributed by atoms with Gasteiger partial charge in [-0.2, -0.15) is 5.10 Å². The molecule has 0 saturated heterocycles. The quantitative estimate of drug-likeness (QED) is 0.493. The maximum atomic E-state index is 11.8. The Labute approximate surface area is 116 Å². The molecule has 0 saturated carbocycles. The number of hydrazone groups is 1. The Kier molecular flexibility index (Phi) is 5.89. The van der Waals surface area contributed by atoms with Crippen LogP contribution < -0.4 is 5.43 Å². The molecule has 0 atom stereocenters. The number of nitrogens with zero attached hydrogens (tertiary/aromatic N) is 2. The first kappa shape index (κ1) is 15.4. The van der Waals surface area contributed by atoms with Crippen molar-refractivity contribution in [3.8, 4) is 0 Å². The fourth-order valence-electron chi connectivity index (χ4n) is 1.28. The van der Waals surface area contributed by atoms with Crippen molar-refractivity contribution in [2.24, 2.45) is 10.3 Å². The lowest BCUT2D eigenvalue weighted by Gasteiger charge is -2.04. The van der Waals surface area contributed by atoms with Crippen molar-refractivity contribution in [2.75, 3.05) is 14.2 Å². The average Bonchev–Trinajstić information content (AvgIpc) is 2.50. The summed E-state index contributed by atoms with van der Waals surface area (Å²) in [7, 11) is 2.50. The third-order valence-corrected chi connectivity index (χ3v) is 2.27. The van der Waals surface area contributed by atoms with Gasteiger partial charge in [0.05, 0.1) is 12.8 Å². The zero-order valence-corrected chi connectivity index (χ0v) is 11.4. The molecule has 0 aliphatic carbocycles. The molecule has 106 valence electrons. The van der Waals surface area contributed by atoms with Crippen LogP contribution in [0.5, 0.6) is 0 Å². The predicted octanol–water partition coefficient (Wildman–Crippen LogP) is 0.968. The van der Waals surface area contributed by atoms with Gasteiger partial charge in [0, 0.05) is 5.56 Å². The van der Waals surface area contributed by atoms with Crippen LogP contribution in [0, 0.1) is 0 Å². The zero-order chi connectivity index (χ0) is 15.0. The summed E-state index contributed by atoms with van der Waals surface area (Å²) in [5.41, 5.74) is 2.82. The first-order chi connectivity index (χ1) is 9.60. The molecule has 1 aromatic carbocycles. The fourth-order valence-corrected chi connectivity index (χ4v) is 1.28. The third kappa shape index (κ3) is 4.20. The van der Waals surface area contributed by atoms with Crippen LogP contribution in [0.4, 0.5) is 0 Å². The fraction of sp³-hybridized carbons (Fsp3) is 0.231. The molecule has 0 aromatic heterocycles. The standard InChI is InChI=1S/C13H15N3O4/c1-9(11(16-20-3)13(18)19-2)14-15-12(17)10-7-5-4-6-8-10/h4-8H,1-3H3,(H,15,17). The van der Waals surface area contributed by atoms with Crippen molar-refractivity contribution in [3.05, 3.63) is 35.9 Å². The Morgan fingerprint density at radius 1 is 1.15 bits per heavy atom. The monoisotopic (exact) mass is 277 g/mol. The molecule has 7 heteroatoms. The van der Waals surface area contributed by atoms with Gasteiger partial charge in [0.2, 0.25) is 5.71 Å². The number of carbonyl (C=O) groups is 2. The number of ether oxygens (including phenoxy) is 1. The average molecular weight is 277 g/mol. The van der Waals surface area contributed by atoms with Gasteiger partial charge >= 0.3 is 5.97 Å². The normalized spacial score (nSPS) is 11.8. The van der Waals surface area contributed by atoms with E-state index in [2.05, 4.69) is 25.3 Å². The van der Waals surface area contributed by atoms with Gasteiger partial charge in [-0.25, -0.2) is 10.2 Å². The molecule has 0 unspecified atom stereocenters. The molecule has 0 radical (unpaired) electrons. The summed E-state index contributed by atoms with van der Waals surface area (Å²) in [6, 6.07) is 8.55. The van der Waals surface area contributed by atoms with Gasteiger partial charge in [-0.15, -0.1) is 0 Å². The lowest BCUT2D eigenvalue weighted by atomic mass is 10.2. The number of hydrogen-bond donors (Lipinski definition) is 1. The van der Waals surface area contributed by atoms with Crippen LogP contribution in [-0.2, 0) is 14.4 Å². The van der Waals surface area contributed by atoms with Crippen molar-refractivity contribution in [3.63, 3.8) is 0 Å². The van der Waals surface area contributed by atoms with E-state index in [-0.39, 0.29) is 11.4 Å². The van der Waals surface area contributed by atoms with E-state index in [4.69, 9.17) is 0 Å². The molecule has 1 aromatic rings. The molecule has 1 amide bonds. The van der Waals surface area contributed by atoms with E-state index in [0.717, 1.165) is 0 Å². The van der Waals surface area contributed by atoms with E-state index in [1.165, 1.54) is 21.1 Å². The predicted molar refractivity (Wildman–Crippen MR) is 73.5 cm³/mol. The molecule has 0 aliphatic rings. The molecule has 7 nitrogen and oxygen atoms in total. The van der Waals surface area contributed by atoms with Crippen molar-refractivity contribution in [2.45, 2.75) is 6.92 Å². The molecule has 1 rings (SSSR count). The summed E-state index contributed by atoms with van der Waals surface area (Å²) in [5.74, 6) is -1.10. The molecular formula is C13H15N3O4. The van der Waals surface area contributed by atoms with Crippen LogP contribution in [0.25, 0.3) is 0 Å². The summed E-state index contributed by atoms with van der Waals surface area (Å²) in [6.45, 7) is 1.50. The minimum absolute atomic E-state index is 0.122. The minimum Gasteiger partial charge on any atom is -0.464 e. The molecule has 1 N–H and O–H groups in total. The second-order valence-corrected chi connectivity index (χ2v) is 3.62. The van der Waals surface area contributed by atoms with Crippen LogP contribution >= 0.6 is 0 Å². The number of oxime groups is 1. The second kappa shape index (κ2) is 7.67. The number of rotatable bonds is 5. The SMILES string of the molecule is CON=C(C(=O)OC)C(C)=NNC(=O)c1ccccc1. The van der Waals surface area contributed by atoms with Crippen LogP contribution in [0.15, 0.2) is 40.6 Å². The Hall–Kier alpha value is -2.70. The highest BCUT2D eigenvalue weighted by Crippen LogP contribution is 1.98. The van der Waals surface area contributed by atoms with E-state index < -0.39 is 11.9 Å². The Balaban J connectivity index is 2.81. The third-order valence-electron chi connectivity index (χ3n) is 2.27. The van der Waals surface area contributed by atoms with Gasteiger partial charge in [0.25, 0.3) is 5.91 Å². The van der Waals surface area contributed by atoms with Crippen LogP contribution in [0.3, 0.4) is 0 Å². The highest BCUT2D eigenvalue weighted by molar-refractivity contribution is 6.65. The number of amides is 1. The highest BCUT2D eigenvalue weighted by atomic mass is 16.6. The highest BCUT2D eigenvalue weighted by Gasteiger charge is 2.17. The first-order valence-corrected chi connectivity index (χ1v) is 5.69. The van der Waals surface area contributed by atoms with Crippen molar-refractivity contribution < 1.29 is 19.2 Å². The number of carbonyl (C=O) groups excluding carboxylic acids is 2. The molecule has 0 aliphatic heterocycles. The summed E-state index contributed by atoms with van der Waals surface area (Å²) < 4.78 is 4.53. The summed E-state index contributed by atoms with van der Waals surface area (Å²) in [4.78, 5) is 27.7. The Bertz CT molecular complexity index is 538. The molecule has 0 spiro atoms. The second-order valence-electron chi connectivity index (χ2n) is 3.62. The molecule has 0 bridgehead atoms. The molecule has 0 heterocycles. The number of nitrogens with one attached hydrogen (secondary N) is 1. The number of hydrogen-bond acceptors (Lipinski definition) is 6. The van der Waals surface area contributed by atoms with Crippen molar-refractivity contribution in [1.29, 1.82) is 0 Å². The van der Waals surface area contributed by atoms with Gasteiger partial charge in [-0.1, -0.05) is 23.4 Å². The zero-order valence-electron chi connectivity index (χ0n) is 11.4. The van der Waals surface area contributed by atoms with Gasteiger partial charge < -0.3 is 9.57 Å². The molecule has 0 fully saturated rings. The Morgan fingerprint density at radius 3 is 2.35 bits per heavy atom. The van der Waals surface area contributed by atoms with E-state index in [1.807, 2.05) is 0 Å². The van der Waals surface area contributed by atoms with E-state index in [9.17, 15) is 9.59 Å². The number of esters is 1. The molecule has 20 heavy (non-hydrogen) atoms. The van der Waals surface area contributed by atoms with Crippen molar-refractivity contribution in [1.82, 2.24) is 5.43 Å². The van der Waals surface area contributed by atoms with E-state index in [0.29, 0.717) is 5.56 Å². The van der Waals surface area contributed by atoms with E-state index in [1.54, 1.807) is 30.3 Å². The van der Waals surface area contributed by atoms with E-state index >= 15 is 0 Å². The van der Waals surface area contributed by atoms with Gasteiger partial charge in [-0.05, 0) is 19.1 Å². The molecular weight excluding hydrogens is 262 g/mol. The van der Waals surface area contributed by atoms with Crippen LogP contribution in [0.2, 0.25) is 0 Å². The topological polar surface area (TPSA) is 89.3 Å². The number of methoxy groups -OCH3 is 1. The van der Waals surface area contributed by atoms with Crippen LogP contribution in [0.1, 0.15) is 17.3 Å². The number of benzene rings is 1. The maximum absolute atomic E-state index is 11.8. The van der Waals surface area contributed by atoms with Crippen molar-refractivity contribution >= 4 is 23.3 Å². The van der Waals surface area contributed by atoms with Gasteiger partial charge in [0.15, 0.2) is 0 Å². The lowest BCUT2D eigenvalue weighted by molar-refractivity contribution is -0.132. The van der Waals surface area contributed by atoms with Gasteiger partial charge in [-0.3, -0.25) is 4.79 Å². The van der Waals surface area contributed by atoms with Gasteiger partial charge in [0.1, 0.15) is 7.11 Å². The summed E-state index contributed by atoms with van der Waals surface area (Å²) in [5, 5.41) is 7.30. The Morgan fingerprint density at radius 2 is 1.80 bits per heavy atom. The van der Waals surface area contributed by atoms with Crippen LogP contribution in [-0.4, -0.2) is 37.5 Å². The smallest absolute Gasteiger partial charge is 0.362 e. The minimum atomic E-state index is -0.706. The lowest BCUT2D eigenvalue weighted by Crippen LogP contribution is -2.27. The maximum Gasteiger partial charge on any atom is 0.362 e.